The molecule has 4 N–H and O–H groups in total. The zero-order valence-electron chi connectivity index (χ0n) is 23.6. The molecule has 0 saturated heterocycles. The van der Waals surface area contributed by atoms with E-state index in [-0.39, 0.29) is 19.4 Å². The fourth-order valence-corrected chi connectivity index (χ4v) is 4.09. The van der Waals surface area contributed by atoms with Crippen molar-refractivity contribution in [3.8, 4) is 0 Å². The lowest BCUT2D eigenvalue weighted by molar-refractivity contribution is -0.236. The van der Waals surface area contributed by atoms with Crippen molar-refractivity contribution in [3.05, 3.63) is 71.8 Å². The standard InChI is InChI=1S/C30H41N3O7/c1-5-6-17-24(26(34)31-19-18-23(28(36)40-38)22-15-11-8-12-16-22)32-27(35)25(20-21-13-9-7-10-14-21)33-29(37)39-30(2,3)4/h7-16,23-25,38H,5-6,17-20H2,1-4H3,(H,31,34)(H,32,35)(H,33,37)/t23?,24-,25-/m0/s1. The first-order chi connectivity index (χ1) is 19.0. The molecule has 2 rings (SSSR count). The molecule has 0 radical (unpaired) electrons. The predicted molar refractivity (Wildman–Crippen MR) is 150 cm³/mol. The molecular formula is C30H41N3O7. The number of unbranched alkanes of at least 4 members (excludes halogenated alkanes) is 1. The second-order valence-corrected chi connectivity index (χ2v) is 10.5. The maximum absolute atomic E-state index is 13.4. The van der Waals surface area contributed by atoms with Crippen molar-refractivity contribution in [2.75, 3.05) is 6.54 Å². The summed E-state index contributed by atoms with van der Waals surface area (Å²) in [6.07, 6.45) is 1.53. The van der Waals surface area contributed by atoms with Crippen LogP contribution in [0.5, 0.6) is 0 Å². The van der Waals surface area contributed by atoms with E-state index >= 15 is 0 Å². The van der Waals surface area contributed by atoms with Crippen molar-refractivity contribution in [2.24, 2.45) is 0 Å². The Bertz CT molecular complexity index is 1090. The van der Waals surface area contributed by atoms with Crippen LogP contribution in [0, 0.1) is 0 Å². The van der Waals surface area contributed by atoms with Gasteiger partial charge in [-0.05, 0) is 44.7 Å². The summed E-state index contributed by atoms with van der Waals surface area (Å²) in [7, 11) is 0. The second-order valence-electron chi connectivity index (χ2n) is 10.5. The highest BCUT2D eigenvalue weighted by Gasteiger charge is 2.29. The van der Waals surface area contributed by atoms with E-state index in [1.54, 1.807) is 51.1 Å². The van der Waals surface area contributed by atoms with Gasteiger partial charge in [0.25, 0.3) is 0 Å². The fourth-order valence-electron chi connectivity index (χ4n) is 4.09. The summed E-state index contributed by atoms with van der Waals surface area (Å²) in [5.74, 6) is -2.53. The van der Waals surface area contributed by atoms with Gasteiger partial charge in [-0.15, -0.1) is 0 Å². The highest BCUT2D eigenvalue weighted by Crippen LogP contribution is 2.20. The number of hydrogen-bond donors (Lipinski definition) is 4. The number of nitrogens with one attached hydrogen (secondary N) is 3. The lowest BCUT2D eigenvalue weighted by Gasteiger charge is -2.25. The molecule has 3 atom stereocenters. The molecule has 2 aromatic rings. The predicted octanol–water partition coefficient (Wildman–Crippen LogP) is 4.10. The first-order valence-corrected chi connectivity index (χ1v) is 13.6. The van der Waals surface area contributed by atoms with Crippen LogP contribution < -0.4 is 16.0 Å². The summed E-state index contributed by atoms with van der Waals surface area (Å²) in [5, 5.41) is 17.1. The molecule has 1 unspecified atom stereocenters. The number of benzene rings is 2. The van der Waals surface area contributed by atoms with Crippen LogP contribution in [0.2, 0.25) is 0 Å². The molecular weight excluding hydrogens is 514 g/mol. The molecule has 3 amide bonds. The van der Waals surface area contributed by atoms with E-state index in [0.717, 1.165) is 12.0 Å². The molecule has 0 saturated carbocycles. The van der Waals surface area contributed by atoms with E-state index < -0.39 is 47.5 Å². The first-order valence-electron chi connectivity index (χ1n) is 13.6. The largest absolute Gasteiger partial charge is 0.444 e. The Balaban J connectivity index is 2.10. The highest BCUT2D eigenvalue weighted by atomic mass is 17.1. The zero-order valence-corrected chi connectivity index (χ0v) is 23.6. The van der Waals surface area contributed by atoms with E-state index in [0.29, 0.717) is 18.4 Å². The van der Waals surface area contributed by atoms with Crippen LogP contribution in [0.4, 0.5) is 4.79 Å². The summed E-state index contributed by atoms with van der Waals surface area (Å²) < 4.78 is 5.35. The van der Waals surface area contributed by atoms with Crippen molar-refractivity contribution in [3.63, 3.8) is 0 Å². The number of carbonyl (C=O) groups excluding carboxylic acids is 4. The number of amides is 3. The molecule has 0 aromatic heterocycles. The second kappa shape index (κ2) is 16.2. The van der Waals surface area contributed by atoms with Gasteiger partial charge < -0.3 is 25.6 Å². The molecule has 0 aliphatic carbocycles. The topological polar surface area (TPSA) is 143 Å². The Kier molecular flexibility index (Phi) is 13.1. The molecule has 40 heavy (non-hydrogen) atoms. The van der Waals surface area contributed by atoms with Gasteiger partial charge in [0.15, 0.2) is 0 Å². The van der Waals surface area contributed by atoms with Crippen LogP contribution in [-0.2, 0) is 30.4 Å². The Morgan fingerprint density at radius 1 is 0.850 bits per heavy atom. The SMILES string of the molecule is CCCC[C@H](NC(=O)[C@H](Cc1ccccc1)NC(=O)OC(C)(C)C)C(=O)NCCC(C(=O)OO)c1ccccc1. The maximum atomic E-state index is 13.4. The van der Waals surface area contributed by atoms with Gasteiger partial charge in [-0.1, -0.05) is 80.4 Å². The van der Waals surface area contributed by atoms with Crippen molar-refractivity contribution in [2.45, 2.75) is 83.4 Å². The molecule has 2 aromatic carbocycles. The summed E-state index contributed by atoms with van der Waals surface area (Å²) in [6, 6.07) is 16.2. The molecule has 0 bridgehead atoms. The minimum Gasteiger partial charge on any atom is -0.444 e. The smallest absolute Gasteiger partial charge is 0.408 e. The van der Waals surface area contributed by atoms with Gasteiger partial charge in [0.05, 0.1) is 5.92 Å². The minimum atomic E-state index is -0.976. The molecule has 10 nitrogen and oxygen atoms in total. The van der Waals surface area contributed by atoms with Gasteiger partial charge in [0, 0.05) is 13.0 Å². The van der Waals surface area contributed by atoms with Crippen LogP contribution in [0.15, 0.2) is 60.7 Å². The van der Waals surface area contributed by atoms with Crippen LogP contribution in [0.3, 0.4) is 0 Å². The highest BCUT2D eigenvalue weighted by molar-refractivity contribution is 5.91. The number of carbonyl (C=O) groups is 4. The van der Waals surface area contributed by atoms with Crippen molar-refractivity contribution >= 4 is 23.9 Å². The van der Waals surface area contributed by atoms with Gasteiger partial charge in [0.1, 0.15) is 17.7 Å². The van der Waals surface area contributed by atoms with Gasteiger partial charge in [0.2, 0.25) is 11.8 Å². The van der Waals surface area contributed by atoms with Gasteiger partial charge in [-0.3, -0.25) is 9.59 Å². The van der Waals surface area contributed by atoms with E-state index in [1.165, 1.54) is 0 Å². The monoisotopic (exact) mass is 555 g/mol. The van der Waals surface area contributed by atoms with Gasteiger partial charge in [-0.2, -0.15) is 5.26 Å². The van der Waals surface area contributed by atoms with E-state index in [1.807, 2.05) is 37.3 Å². The quantitative estimate of drug-likeness (QED) is 0.203. The Morgan fingerprint density at radius 2 is 1.48 bits per heavy atom. The summed E-state index contributed by atoms with van der Waals surface area (Å²) >= 11 is 0. The van der Waals surface area contributed by atoms with E-state index in [2.05, 4.69) is 20.8 Å². The summed E-state index contributed by atoms with van der Waals surface area (Å²) in [5.41, 5.74) is 0.723. The third-order valence-electron chi connectivity index (χ3n) is 6.08. The lowest BCUT2D eigenvalue weighted by atomic mass is 9.96. The Hall–Kier alpha value is -3.92. The average Bonchev–Trinajstić information content (AvgIpc) is 2.92. The summed E-state index contributed by atoms with van der Waals surface area (Å²) in [4.78, 5) is 55.1. The molecule has 0 spiro atoms. The Morgan fingerprint density at radius 3 is 2.05 bits per heavy atom. The van der Waals surface area contributed by atoms with Crippen LogP contribution in [0.25, 0.3) is 0 Å². The third-order valence-corrected chi connectivity index (χ3v) is 6.08. The lowest BCUT2D eigenvalue weighted by Crippen LogP contribution is -2.55. The zero-order chi connectivity index (χ0) is 29.5. The molecule has 10 heteroatoms. The normalized spacial score (nSPS) is 13.3. The fraction of sp³-hybridized carbons (Fsp3) is 0.467. The van der Waals surface area contributed by atoms with Gasteiger partial charge >= 0.3 is 12.1 Å². The van der Waals surface area contributed by atoms with E-state index in [4.69, 9.17) is 9.99 Å². The van der Waals surface area contributed by atoms with E-state index in [9.17, 15) is 19.2 Å². The van der Waals surface area contributed by atoms with Crippen molar-refractivity contribution in [1.29, 1.82) is 0 Å². The molecule has 0 fully saturated rings. The third kappa shape index (κ3) is 11.4. The number of ether oxygens (including phenoxy) is 1. The van der Waals surface area contributed by atoms with Crippen LogP contribution >= 0.6 is 0 Å². The average molecular weight is 556 g/mol. The molecule has 0 heterocycles. The molecule has 0 aliphatic heterocycles. The minimum absolute atomic E-state index is 0.107. The van der Waals surface area contributed by atoms with Crippen LogP contribution in [0.1, 0.15) is 70.4 Å². The van der Waals surface area contributed by atoms with Crippen LogP contribution in [-0.4, -0.2) is 53.4 Å². The Labute approximate surface area is 235 Å². The number of rotatable bonds is 14. The molecule has 0 aliphatic rings. The molecule has 218 valence electrons. The van der Waals surface area contributed by atoms with Gasteiger partial charge in [-0.25, -0.2) is 9.59 Å². The number of hydrogen-bond acceptors (Lipinski definition) is 7. The number of alkyl carbamates (subject to hydrolysis) is 1. The first kappa shape index (κ1) is 32.3. The maximum Gasteiger partial charge on any atom is 0.408 e. The van der Waals surface area contributed by atoms with Crippen molar-refractivity contribution < 1.29 is 34.1 Å². The van der Waals surface area contributed by atoms with Crippen molar-refractivity contribution in [1.82, 2.24) is 16.0 Å². The summed E-state index contributed by atoms with van der Waals surface area (Å²) in [6.45, 7) is 7.27.